The van der Waals surface area contributed by atoms with Crippen LogP contribution < -0.4 is 5.32 Å². The van der Waals surface area contributed by atoms with Crippen LogP contribution in [-0.4, -0.2) is 17.3 Å². The van der Waals surface area contributed by atoms with Crippen LogP contribution in [0, 0.1) is 12.8 Å². The van der Waals surface area contributed by atoms with E-state index in [9.17, 15) is 5.11 Å². The highest BCUT2D eigenvalue weighted by atomic mass is 16.3. The van der Waals surface area contributed by atoms with E-state index in [2.05, 4.69) is 44.3 Å². The van der Waals surface area contributed by atoms with Gasteiger partial charge in [-0.25, -0.2) is 0 Å². The molecule has 15 heavy (non-hydrogen) atoms. The van der Waals surface area contributed by atoms with Gasteiger partial charge in [0.05, 0.1) is 12.1 Å². The number of rotatable bonds is 1. The monoisotopic (exact) mass is 205 g/mol. The Balaban J connectivity index is 2.35. The maximum Gasteiger partial charge on any atom is 0.0784 e. The number of nitrogens with one attached hydrogen (secondary N) is 1. The minimum atomic E-state index is -0.265. The molecule has 1 heterocycles. The second-order valence-electron chi connectivity index (χ2n) is 4.79. The molecule has 1 aliphatic heterocycles. The fraction of sp³-hybridized carbons (Fsp3) is 0.538. The molecule has 0 aromatic heterocycles. The average Bonchev–Trinajstić information content (AvgIpc) is 2.16. The van der Waals surface area contributed by atoms with Crippen molar-refractivity contribution in [3.8, 4) is 0 Å². The summed E-state index contributed by atoms with van der Waals surface area (Å²) in [6, 6.07) is 6.44. The Kier molecular flexibility index (Phi) is 2.70. The second kappa shape index (κ2) is 3.86. The van der Waals surface area contributed by atoms with Crippen molar-refractivity contribution in [2.75, 3.05) is 5.32 Å². The molecule has 2 N–H and O–H groups in total. The highest BCUT2D eigenvalue weighted by Gasteiger charge is 2.28. The Hall–Kier alpha value is -1.02. The molecular weight excluding hydrogens is 186 g/mol. The number of benzene rings is 1. The number of anilines is 1. The summed E-state index contributed by atoms with van der Waals surface area (Å²) in [7, 11) is 0. The molecule has 0 amide bonds. The van der Waals surface area contributed by atoms with E-state index in [1.807, 2.05) is 0 Å². The smallest absolute Gasteiger partial charge is 0.0784 e. The van der Waals surface area contributed by atoms with E-state index >= 15 is 0 Å². The van der Waals surface area contributed by atoms with Gasteiger partial charge in [-0.2, -0.15) is 0 Å². The van der Waals surface area contributed by atoms with Crippen LogP contribution in [0.3, 0.4) is 0 Å². The lowest BCUT2D eigenvalue weighted by Crippen LogP contribution is -2.43. The quantitative estimate of drug-likeness (QED) is 0.737. The van der Waals surface area contributed by atoms with Crippen molar-refractivity contribution in [2.45, 2.75) is 39.3 Å². The normalized spacial score (nSPS) is 24.9. The maximum absolute atomic E-state index is 10.0. The van der Waals surface area contributed by atoms with Crippen LogP contribution in [0.5, 0.6) is 0 Å². The summed E-state index contributed by atoms with van der Waals surface area (Å²) >= 11 is 0. The summed E-state index contributed by atoms with van der Waals surface area (Å²) in [4.78, 5) is 0. The van der Waals surface area contributed by atoms with E-state index < -0.39 is 0 Å². The summed E-state index contributed by atoms with van der Waals surface area (Å²) in [5.74, 6) is 0.452. The van der Waals surface area contributed by atoms with Gasteiger partial charge >= 0.3 is 0 Å². The molecule has 2 atom stereocenters. The zero-order chi connectivity index (χ0) is 11.0. The van der Waals surface area contributed by atoms with Gasteiger partial charge in [-0.3, -0.25) is 0 Å². The fourth-order valence-corrected chi connectivity index (χ4v) is 2.33. The molecule has 1 aliphatic rings. The Morgan fingerprint density at radius 2 is 2.13 bits per heavy atom. The average molecular weight is 205 g/mol. The van der Waals surface area contributed by atoms with Gasteiger partial charge in [-0.1, -0.05) is 32.0 Å². The number of para-hydroxylation sites is 1. The summed E-state index contributed by atoms with van der Waals surface area (Å²) in [6.07, 6.45) is 0.506. The minimum Gasteiger partial charge on any atom is -0.391 e. The molecule has 0 aliphatic carbocycles. The first-order valence-corrected chi connectivity index (χ1v) is 5.62. The summed E-state index contributed by atoms with van der Waals surface area (Å²) < 4.78 is 0. The molecule has 2 unspecified atom stereocenters. The van der Waals surface area contributed by atoms with Gasteiger partial charge in [0.1, 0.15) is 0 Å². The Labute approximate surface area is 91.3 Å². The molecule has 0 spiro atoms. The van der Waals surface area contributed by atoms with E-state index in [1.165, 1.54) is 16.8 Å². The van der Waals surface area contributed by atoms with Gasteiger partial charge in [0.25, 0.3) is 0 Å². The van der Waals surface area contributed by atoms with Gasteiger partial charge < -0.3 is 10.4 Å². The third-order valence-corrected chi connectivity index (χ3v) is 3.23. The van der Waals surface area contributed by atoms with Crippen LogP contribution in [0.2, 0.25) is 0 Å². The predicted molar refractivity (Wildman–Crippen MR) is 63.1 cm³/mol. The molecule has 2 heteroatoms. The van der Waals surface area contributed by atoms with Gasteiger partial charge in [-0.05, 0) is 24.0 Å². The molecule has 0 radical (unpaired) electrons. The van der Waals surface area contributed by atoms with Gasteiger partial charge in [0, 0.05) is 12.1 Å². The zero-order valence-electron chi connectivity index (χ0n) is 9.62. The van der Waals surface area contributed by atoms with Crippen molar-refractivity contribution in [1.82, 2.24) is 0 Å². The van der Waals surface area contributed by atoms with Crippen LogP contribution in [0.15, 0.2) is 18.2 Å². The Morgan fingerprint density at radius 3 is 2.80 bits per heavy atom. The number of aliphatic hydroxyl groups is 1. The first-order valence-electron chi connectivity index (χ1n) is 5.62. The van der Waals surface area contributed by atoms with Crippen LogP contribution in [0.4, 0.5) is 5.69 Å². The molecule has 1 aromatic carbocycles. The number of aryl methyl sites for hydroxylation is 1. The number of fused-ring (bicyclic) bond motifs is 1. The van der Waals surface area contributed by atoms with Crippen molar-refractivity contribution in [2.24, 2.45) is 5.92 Å². The molecular formula is C13H19NO. The highest BCUT2D eigenvalue weighted by molar-refractivity contribution is 5.60. The molecule has 82 valence electrons. The third kappa shape index (κ3) is 1.86. The van der Waals surface area contributed by atoms with Crippen LogP contribution in [0.25, 0.3) is 0 Å². The van der Waals surface area contributed by atoms with E-state index in [1.54, 1.807) is 0 Å². The van der Waals surface area contributed by atoms with E-state index in [4.69, 9.17) is 0 Å². The van der Waals surface area contributed by atoms with Crippen molar-refractivity contribution in [3.05, 3.63) is 29.3 Å². The lowest BCUT2D eigenvalue weighted by Gasteiger charge is -2.35. The van der Waals surface area contributed by atoms with E-state index in [0.717, 1.165) is 6.42 Å². The predicted octanol–water partition coefficient (Wildman–Crippen LogP) is 2.35. The molecule has 0 fully saturated rings. The van der Waals surface area contributed by atoms with E-state index in [-0.39, 0.29) is 12.1 Å². The zero-order valence-corrected chi connectivity index (χ0v) is 9.62. The third-order valence-electron chi connectivity index (χ3n) is 3.23. The molecule has 0 bridgehead atoms. The first kappa shape index (κ1) is 10.5. The maximum atomic E-state index is 10.0. The Morgan fingerprint density at radius 1 is 1.40 bits per heavy atom. The molecule has 0 saturated heterocycles. The molecule has 2 nitrogen and oxygen atoms in total. The van der Waals surface area contributed by atoms with Crippen molar-refractivity contribution in [1.29, 1.82) is 0 Å². The SMILES string of the molecule is Cc1cccc2c1NC(C(C)C)C(O)C2. The van der Waals surface area contributed by atoms with Crippen molar-refractivity contribution >= 4 is 5.69 Å². The lowest BCUT2D eigenvalue weighted by atomic mass is 9.88. The van der Waals surface area contributed by atoms with Crippen molar-refractivity contribution < 1.29 is 5.11 Å². The number of hydrogen-bond donors (Lipinski definition) is 2. The standard InChI is InChI=1S/C13H19NO/c1-8(2)12-11(15)7-10-6-4-5-9(3)13(10)14-12/h4-6,8,11-12,14-15H,7H2,1-3H3. The largest absolute Gasteiger partial charge is 0.391 e. The van der Waals surface area contributed by atoms with Crippen molar-refractivity contribution in [3.63, 3.8) is 0 Å². The first-order chi connectivity index (χ1) is 7.09. The summed E-state index contributed by atoms with van der Waals surface area (Å²) in [6.45, 7) is 6.40. The Bertz CT molecular complexity index is 360. The van der Waals surface area contributed by atoms with Crippen LogP contribution >= 0.6 is 0 Å². The van der Waals surface area contributed by atoms with Crippen LogP contribution in [0.1, 0.15) is 25.0 Å². The minimum absolute atomic E-state index is 0.179. The van der Waals surface area contributed by atoms with Gasteiger partial charge in [0.15, 0.2) is 0 Å². The number of aliphatic hydroxyl groups excluding tert-OH is 1. The highest BCUT2D eigenvalue weighted by Crippen LogP contribution is 2.30. The van der Waals surface area contributed by atoms with Gasteiger partial charge in [-0.15, -0.1) is 0 Å². The summed E-state index contributed by atoms with van der Waals surface area (Å²) in [5.41, 5.74) is 3.73. The molecule has 2 rings (SSSR count). The molecule has 1 aromatic rings. The second-order valence-corrected chi connectivity index (χ2v) is 4.79. The molecule has 0 saturated carbocycles. The van der Waals surface area contributed by atoms with Gasteiger partial charge in [0.2, 0.25) is 0 Å². The van der Waals surface area contributed by atoms with E-state index in [0.29, 0.717) is 5.92 Å². The summed E-state index contributed by atoms with van der Waals surface area (Å²) in [5, 5.41) is 13.5. The topological polar surface area (TPSA) is 32.3 Å². The van der Waals surface area contributed by atoms with Crippen LogP contribution in [-0.2, 0) is 6.42 Å². The number of hydrogen-bond acceptors (Lipinski definition) is 2. The fourth-order valence-electron chi connectivity index (χ4n) is 2.33. The lowest BCUT2D eigenvalue weighted by molar-refractivity contribution is 0.129.